The lowest BCUT2D eigenvalue weighted by Crippen LogP contribution is -2.15. The number of carboxylic acid groups (broad SMARTS) is 1. The maximum absolute atomic E-state index is 14.4. The van der Waals surface area contributed by atoms with Crippen molar-refractivity contribution in [1.29, 1.82) is 0 Å². The van der Waals surface area contributed by atoms with Crippen LogP contribution in [-0.2, 0) is 0 Å². The molecule has 0 spiro atoms. The Kier molecular flexibility index (Phi) is 6.56. The first-order valence-corrected chi connectivity index (χ1v) is 10.0. The number of anilines is 1. The van der Waals surface area contributed by atoms with Crippen LogP contribution in [0.4, 0.5) is 10.2 Å². The van der Waals surface area contributed by atoms with E-state index in [1.165, 1.54) is 32.2 Å². The molecule has 0 amide bonds. The van der Waals surface area contributed by atoms with Crippen LogP contribution < -0.4 is 10.1 Å². The standard InChI is InChI=1S/C22H28FN3O3/c1-14(16-10-11-19(29-3)18(23)12-16)20(15-8-6-4-5-7-9-15)26-21(24-2)17(13-25-26)22(27)28/h10-13,15,24H,4-9H2,1-3H3,(H,27,28)/b20-14+. The van der Waals surface area contributed by atoms with E-state index < -0.39 is 11.8 Å². The van der Waals surface area contributed by atoms with E-state index >= 15 is 0 Å². The molecule has 0 bridgehead atoms. The van der Waals surface area contributed by atoms with Crippen LogP contribution in [0.1, 0.15) is 61.4 Å². The summed E-state index contributed by atoms with van der Waals surface area (Å²) in [7, 11) is 3.13. The molecular formula is C22H28FN3O3. The second-order valence-corrected chi connectivity index (χ2v) is 7.42. The lowest BCUT2D eigenvalue weighted by Gasteiger charge is -2.24. The quantitative estimate of drug-likeness (QED) is 0.656. The van der Waals surface area contributed by atoms with E-state index in [1.54, 1.807) is 17.8 Å². The Balaban J connectivity index is 2.19. The Hall–Kier alpha value is -2.83. The lowest BCUT2D eigenvalue weighted by atomic mass is 9.91. The second-order valence-electron chi connectivity index (χ2n) is 7.42. The smallest absolute Gasteiger partial charge is 0.341 e. The lowest BCUT2D eigenvalue weighted by molar-refractivity contribution is 0.0698. The Morgan fingerprint density at radius 2 is 1.97 bits per heavy atom. The van der Waals surface area contributed by atoms with Crippen molar-refractivity contribution in [2.75, 3.05) is 19.5 Å². The van der Waals surface area contributed by atoms with Crippen LogP contribution >= 0.6 is 0 Å². The van der Waals surface area contributed by atoms with Crippen molar-refractivity contribution in [2.45, 2.75) is 45.4 Å². The zero-order valence-corrected chi connectivity index (χ0v) is 17.2. The van der Waals surface area contributed by atoms with E-state index in [1.807, 2.05) is 13.0 Å². The fourth-order valence-electron chi connectivity index (χ4n) is 4.17. The van der Waals surface area contributed by atoms with E-state index in [-0.39, 0.29) is 17.2 Å². The molecule has 6 nitrogen and oxygen atoms in total. The summed E-state index contributed by atoms with van der Waals surface area (Å²) in [5, 5.41) is 16.9. The molecule has 1 saturated carbocycles. The second kappa shape index (κ2) is 9.11. The molecule has 1 aromatic heterocycles. The minimum atomic E-state index is -1.03. The number of hydrogen-bond acceptors (Lipinski definition) is 4. The molecule has 7 heteroatoms. The molecule has 0 unspecified atom stereocenters. The summed E-state index contributed by atoms with van der Waals surface area (Å²) in [6, 6.07) is 4.91. The molecular weight excluding hydrogens is 373 g/mol. The van der Waals surface area contributed by atoms with Gasteiger partial charge in [-0.2, -0.15) is 5.10 Å². The number of allylic oxidation sites excluding steroid dienone is 2. The normalized spacial score (nSPS) is 16.1. The first kappa shape index (κ1) is 20.9. The van der Waals surface area contributed by atoms with Gasteiger partial charge in [0, 0.05) is 13.0 Å². The number of carbonyl (C=O) groups is 1. The average Bonchev–Trinajstić information content (AvgIpc) is 2.95. The highest BCUT2D eigenvalue weighted by atomic mass is 19.1. The fraction of sp³-hybridized carbons (Fsp3) is 0.455. The third-order valence-electron chi connectivity index (χ3n) is 5.68. The molecule has 1 aliphatic rings. The number of benzene rings is 1. The van der Waals surface area contributed by atoms with Crippen LogP contribution in [0.2, 0.25) is 0 Å². The Bertz CT molecular complexity index is 912. The highest BCUT2D eigenvalue weighted by Crippen LogP contribution is 2.38. The third kappa shape index (κ3) is 4.28. The number of nitrogens with zero attached hydrogens (tertiary/aromatic N) is 2. The van der Waals surface area contributed by atoms with Crippen molar-refractivity contribution >= 4 is 23.1 Å². The zero-order chi connectivity index (χ0) is 21.0. The molecule has 29 heavy (non-hydrogen) atoms. The summed E-state index contributed by atoms with van der Waals surface area (Å²) in [5.74, 6) is -0.610. The van der Waals surface area contributed by atoms with Crippen LogP contribution in [0.5, 0.6) is 5.75 Å². The van der Waals surface area contributed by atoms with Crippen molar-refractivity contribution in [3.63, 3.8) is 0 Å². The van der Waals surface area contributed by atoms with Gasteiger partial charge in [0.25, 0.3) is 0 Å². The van der Waals surface area contributed by atoms with Crippen molar-refractivity contribution < 1.29 is 19.0 Å². The van der Waals surface area contributed by atoms with Gasteiger partial charge in [-0.15, -0.1) is 0 Å². The number of ether oxygens (including phenoxy) is 1. The SMILES string of the molecule is CNc1c(C(=O)O)cnn1/C(=C(\C)c1ccc(OC)c(F)c1)C1CCCCCC1. The molecule has 0 aliphatic heterocycles. The van der Waals surface area contributed by atoms with Crippen molar-refractivity contribution in [2.24, 2.45) is 5.92 Å². The van der Waals surface area contributed by atoms with Gasteiger partial charge in [0.05, 0.1) is 19.0 Å². The molecule has 1 aromatic carbocycles. The van der Waals surface area contributed by atoms with E-state index in [0.29, 0.717) is 5.82 Å². The van der Waals surface area contributed by atoms with E-state index in [9.17, 15) is 14.3 Å². The summed E-state index contributed by atoms with van der Waals surface area (Å²) < 4.78 is 21.1. The maximum Gasteiger partial charge on any atom is 0.341 e. The summed E-state index contributed by atoms with van der Waals surface area (Å²) in [5.41, 5.74) is 2.66. The first-order valence-electron chi connectivity index (χ1n) is 10.0. The summed E-state index contributed by atoms with van der Waals surface area (Å²) in [6.45, 7) is 1.95. The highest BCUT2D eigenvalue weighted by molar-refractivity contribution is 5.95. The van der Waals surface area contributed by atoms with Crippen molar-refractivity contribution in [1.82, 2.24) is 9.78 Å². The van der Waals surface area contributed by atoms with Gasteiger partial charge in [-0.05, 0) is 43.0 Å². The molecule has 0 radical (unpaired) electrons. The average molecular weight is 401 g/mol. The monoisotopic (exact) mass is 401 g/mol. The number of aromatic nitrogens is 2. The molecule has 1 heterocycles. The maximum atomic E-state index is 14.4. The Labute approximate surface area is 170 Å². The molecule has 156 valence electrons. The summed E-state index contributed by atoms with van der Waals surface area (Å²) in [6.07, 6.45) is 7.97. The number of hydrogen-bond donors (Lipinski definition) is 2. The number of carboxylic acids is 1. The van der Waals surface area contributed by atoms with Crippen LogP contribution in [-0.4, -0.2) is 35.0 Å². The number of nitrogens with one attached hydrogen (secondary N) is 1. The van der Waals surface area contributed by atoms with E-state index in [2.05, 4.69) is 10.4 Å². The first-order chi connectivity index (χ1) is 14.0. The number of halogens is 1. The van der Waals surface area contributed by atoms with Crippen LogP contribution in [0.25, 0.3) is 11.3 Å². The van der Waals surface area contributed by atoms with Gasteiger partial charge in [-0.1, -0.05) is 31.7 Å². The van der Waals surface area contributed by atoms with Gasteiger partial charge in [0.2, 0.25) is 0 Å². The van der Waals surface area contributed by atoms with E-state index in [4.69, 9.17) is 4.74 Å². The Morgan fingerprint density at radius 3 is 2.52 bits per heavy atom. The topological polar surface area (TPSA) is 76.4 Å². The summed E-state index contributed by atoms with van der Waals surface area (Å²) >= 11 is 0. The zero-order valence-electron chi connectivity index (χ0n) is 17.2. The van der Waals surface area contributed by atoms with Crippen LogP contribution in [0.3, 0.4) is 0 Å². The predicted octanol–water partition coefficient (Wildman–Crippen LogP) is 5.13. The molecule has 1 aliphatic carbocycles. The minimum Gasteiger partial charge on any atom is -0.494 e. The fourth-order valence-corrected chi connectivity index (χ4v) is 4.17. The van der Waals surface area contributed by atoms with Crippen molar-refractivity contribution in [3.8, 4) is 5.75 Å². The molecule has 2 aromatic rings. The summed E-state index contributed by atoms with van der Waals surface area (Å²) in [4.78, 5) is 11.6. The van der Waals surface area contributed by atoms with Gasteiger partial charge in [0.15, 0.2) is 11.6 Å². The van der Waals surface area contributed by atoms with Crippen LogP contribution in [0.15, 0.2) is 24.4 Å². The van der Waals surface area contributed by atoms with Gasteiger partial charge >= 0.3 is 5.97 Å². The van der Waals surface area contributed by atoms with Gasteiger partial charge in [0.1, 0.15) is 11.4 Å². The molecule has 0 atom stereocenters. The third-order valence-corrected chi connectivity index (χ3v) is 5.68. The van der Waals surface area contributed by atoms with Gasteiger partial charge in [-0.3, -0.25) is 0 Å². The highest BCUT2D eigenvalue weighted by Gasteiger charge is 2.26. The van der Waals surface area contributed by atoms with Crippen LogP contribution in [0, 0.1) is 11.7 Å². The van der Waals surface area contributed by atoms with Crippen molar-refractivity contribution in [3.05, 3.63) is 41.3 Å². The van der Waals surface area contributed by atoms with Gasteiger partial charge < -0.3 is 15.2 Å². The number of methoxy groups -OCH3 is 1. The largest absolute Gasteiger partial charge is 0.494 e. The predicted molar refractivity (Wildman–Crippen MR) is 112 cm³/mol. The van der Waals surface area contributed by atoms with E-state index in [0.717, 1.165) is 42.5 Å². The molecule has 1 fully saturated rings. The number of rotatable bonds is 6. The van der Waals surface area contributed by atoms with Gasteiger partial charge in [-0.25, -0.2) is 13.9 Å². The molecule has 3 rings (SSSR count). The minimum absolute atomic E-state index is 0.118. The number of aromatic carboxylic acids is 1. The Morgan fingerprint density at radius 1 is 1.28 bits per heavy atom. The molecule has 2 N–H and O–H groups in total. The molecule has 0 saturated heterocycles.